The van der Waals surface area contributed by atoms with Crippen LogP contribution in [-0.4, -0.2) is 23.7 Å². The van der Waals surface area contributed by atoms with Crippen molar-refractivity contribution in [2.75, 3.05) is 23.0 Å². The zero-order chi connectivity index (χ0) is 14.8. The summed E-state index contributed by atoms with van der Waals surface area (Å²) in [5.41, 5.74) is 6.37. The summed E-state index contributed by atoms with van der Waals surface area (Å²) in [6.07, 6.45) is 4.76. The first kappa shape index (κ1) is 14.0. The first-order chi connectivity index (χ1) is 10.2. The Morgan fingerprint density at radius 2 is 2.29 bits per heavy atom. The molecule has 4 N–H and O–H groups in total. The van der Waals surface area contributed by atoms with Gasteiger partial charge >= 0.3 is 6.09 Å². The molecule has 114 valence electrons. The van der Waals surface area contributed by atoms with Crippen LogP contribution in [0.25, 0.3) is 0 Å². The maximum atomic E-state index is 11.4. The summed E-state index contributed by atoms with van der Waals surface area (Å²) in [6, 6.07) is 4.12. The number of amides is 1. The van der Waals surface area contributed by atoms with Gasteiger partial charge in [0.15, 0.2) is 0 Å². The predicted octanol–water partition coefficient (Wildman–Crippen LogP) is 2.83. The van der Waals surface area contributed by atoms with Gasteiger partial charge in [-0.1, -0.05) is 6.42 Å². The van der Waals surface area contributed by atoms with E-state index in [-0.39, 0.29) is 0 Å². The molecule has 1 aromatic rings. The molecule has 2 fully saturated rings. The first-order valence-electron chi connectivity index (χ1n) is 7.62. The second-order valence-electron chi connectivity index (χ2n) is 5.90. The van der Waals surface area contributed by atoms with E-state index in [1.165, 1.54) is 25.7 Å². The standard InChI is InChI=1S/C15H22N4O2/c1-2-21-15(20)18-11-5-6-13(19-14(11)16)17-12-8-9-3-4-10(12)7-9/h5-6,9-10,12H,2-4,7-8H2,1H3,(H,18,20)(H3,16,17,19). The van der Waals surface area contributed by atoms with Gasteiger partial charge < -0.3 is 15.8 Å². The normalized spacial score (nSPS) is 26.6. The van der Waals surface area contributed by atoms with Crippen LogP contribution in [0.15, 0.2) is 12.1 Å². The lowest BCUT2D eigenvalue weighted by molar-refractivity contribution is 0.168. The lowest BCUT2D eigenvalue weighted by Crippen LogP contribution is -2.26. The van der Waals surface area contributed by atoms with Gasteiger partial charge in [0.1, 0.15) is 11.6 Å². The van der Waals surface area contributed by atoms with Crippen LogP contribution in [0.3, 0.4) is 0 Å². The zero-order valence-electron chi connectivity index (χ0n) is 12.3. The Morgan fingerprint density at radius 3 is 2.90 bits per heavy atom. The summed E-state index contributed by atoms with van der Waals surface area (Å²) in [7, 11) is 0. The van der Waals surface area contributed by atoms with Crippen molar-refractivity contribution < 1.29 is 9.53 Å². The van der Waals surface area contributed by atoms with Crippen LogP contribution in [-0.2, 0) is 4.74 Å². The molecule has 3 unspecified atom stereocenters. The average molecular weight is 290 g/mol. The summed E-state index contributed by atoms with van der Waals surface area (Å²) < 4.78 is 4.82. The van der Waals surface area contributed by atoms with Crippen LogP contribution in [0, 0.1) is 11.8 Å². The van der Waals surface area contributed by atoms with E-state index in [4.69, 9.17) is 10.5 Å². The minimum atomic E-state index is -0.514. The van der Waals surface area contributed by atoms with E-state index in [1.807, 2.05) is 6.07 Å². The van der Waals surface area contributed by atoms with Gasteiger partial charge in [-0.2, -0.15) is 0 Å². The van der Waals surface area contributed by atoms with Crippen molar-refractivity contribution in [3.05, 3.63) is 12.1 Å². The van der Waals surface area contributed by atoms with Gasteiger partial charge in [-0.05, 0) is 50.2 Å². The van der Waals surface area contributed by atoms with Gasteiger partial charge in [-0.3, -0.25) is 5.32 Å². The molecule has 1 aromatic heterocycles. The first-order valence-corrected chi connectivity index (χ1v) is 7.62. The Kier molecular flexibility index (Phi) is 3.86. The molecule has 3 atom stereocenters. The number of pyridine rings is 1. The molecule has 1 heterocycles. The lowest BCUT2D eigenvalue weighted by Gasteiger charge is -2.23. The number of fused-ring (bicyclic) bond motifs is 2. The van der Waals surface area contributed by atoms with Gasteiger partial charge in [0.05, 0.1) is 12.3 Å². The van der Waals surface area contributed by atoms with Crippen molar-refractivity contribution in [2.24, 2.45) is 11.8 Å². The summed E-state index contributed by atoms with van der Waals surface area (Å²) in [4.78, 5) is 15.7. The Hall–Kier alpha value is -1.98. The van der Waals surface area contributed by atoms with Gasteiger partial charge in [-0.15, -0.1) is 0 Å². The summed E-state index contributed by atoms with van der Waals surface area (Å²) in [5, 5.41) is 6.07. The second-order valence-corrected chi connectivity index (χ2v) is 5.90. The number of carbonyl (C=O) groups excluding carboxylic acids is 1. The molecule has 2 bridgehead atoms. The number of nitrogens with two attached hydrogens (primary N) is 1. The Morgan fingerprint density at radius 1 is 1.43 bits per heavy atom. The smallest absolute Gasteiger partial charge is 0.411 e. The fourth-order valence-electron chi connectivity index (χ4n) is 3.55. The number of hydrogen-bond donors (Lipinski definition) is 3. The van der Waals surface area contributed by atoms with Crippen molar-refractivity contribution in [1.82, 2.24) is 4.98 Å². The van der Waals surface area contributed by atoms with Crippen LogP contribution < -0.4 is 16.4 Å². The quantitative estimate of drug-likeness (QED) is 0.793. The molecule has 0 spiro atoms. The van der Waals surface area contributed by atoms with E-state index in [9.17, 15) is 4.79 Å². The highest BCUT2D eigenvalue weighted by Gasteiger charge is 2.39. The number of nitrogens with one attached hydrogen (secondary N) is 2. The second kappa shape index (κ2) is 5.79. The van der Waals surface area contributed by atoms with Gasteiger partial charge in [-0.25, -0.2) is 9.78 Å². The number of rotatable bonds is 4. The van der Waals surface area contributed by atoms with Crippen LogP contribution in [0.1, 0.15) is 32.6 Å². The number of anilines is 3. The number of hydrogen-bond acceptors (Lipinski definition) is 5. The van der Waals surface area contributed by atoms with E-state index in [0.717, 1.165) is 17.7 Å². The Bertz CT molecular complexity index is 534. The summed E-state index contributed by atoms with van der Waals surface area (Å²) in [5.74, 6) is 2.74. The van der Waals surface area contributed by atoms with E-state index in [2.05, 4.69) is 15.6 Å². The monoisotopic (exact) mass is 290 g/mol. The summed E-state index contributed by atoms with van der Waals surface area (Å²) >= 11 is 0. The maximum Gasteiger partial charge on any atom is 0.411 e. The molecular weight excluding hydrogens is 268 g/mol. The predicted molar refractivity (Wildman–Crippen MR) is 82.2 cm³/mol. The van der Waals surface area contributed by atoms with E-state index < -0.39 is 6.09 Å². The summed E-state index contributed by atoms with van der Waals surface area (Å²) in [6.45, 7) is 2.08. The van der Waals surface area contributed by atoms with Crippen LogP contribution in [0.2, 0.25) is 0 Å². The largest absolute Gasteiger partial charge is 0.450 e. The molecule has 0 radical (unpaired) electrons. The Balaban J connectivity index is 1.62. The number of nitrogen functional groups attached to an aromatic ring is 1. The molecule has 2 saturated carbocycles. The van der Waals surface area contributed by atoms with E-state index >= 15 is 0 Å². The SMILES string of the molecule is CCOC(=O)Nc1ccc(NC2CC3CCC2C3)nc1N. The molecule has 0 saturated heterocycles. The topological polar surface area (TPSA) is 89.3 Å². The minimum absolute atomic E-state index is 0.302. The minimum Gasteiger partial charge on any atom is -0.450 e. The number of ether oxygens (including phenoxy) is 1. The molecular formula is C15H22N4O2. The average Bonchev–Trinajstić information content (AvgIpc) is 3.04. The van der Waals surface area contributed by atoms with Crippen LogP contribution >= 0.6 is 0 Å². The molecule has 3 rings (SSSR count). The highest BCUT2D eigenvalue weighted by atomic mass is 16.5. The maximum absolute atomic E-state index is 11.4. The molecule has 0 aromatic carbocycles. The molecule has 21 heavy (non-hydrogen) atoms. The number of carbonyl (C=O) groups is 1. The van der Waals surface area contributed by atoms with Crippen LogP contribution in [0.4, 0.5) is 22.1 Å². The third kappa shape index (κ3) is 3.04. The molecule has 6 nitrogen and oxygen atoms in total. The third-order valence-corrected chi connectivity index (χ3v) is 4.51. The fraction of sp³-hybridized carbons (Fsp3) is 0.600. The Labute approximate surface area is 124 Å². The van der Waals surface area contributed by atoms with Gasteiger partial charge in [0, 0.05) is 6.04 Å². The third-order valence-electron chi connectivity index (χ3n) is 4.51. The zero-order valence-corrected chi connectivity index (χ0v) is 12.3. The van der Waals surface area contributed by atoms with Crippen molar-refractivity contribution in [2.45, 2.75) is 38.6 Å². The molecule has 0 aliphatic heterocycles. The van der Waals surface area contributed by atoms with Gasteiger partial charge in [0.25, 0.3) is 0 Å². The van der Waals surface area contributed by atoms with Crippen molar-refractivity contribution in [3.63, 3.8) is 0 Å². The number of aromatic nitrogens is 1. The van der Waals surface area contributed by atoms with E-state index in [0.29, 0.717) is 24.2 Å². The number of nitrogens with zero attached hydrogens (tertiary/aromatic N) is 1. The fourth-order valence-corrected chi connectivity index (χ4v) is 3.55. The molecule has 6 heteroatoms. The highest BCUT2D eigenvalue weighted by Crippen LogP contribution is 2.45. The molecule has 2 aliphatic carbocycles. The van der Waals surface area contributed by atoms with E-state index in [1.54, 1.807) is 13.0 Å². The highest BCUT2D eigenvalue weighted by molar-refractivity contribution is 5.88. The van der Waals surface area contributed by atoms with Crippen molar-refractivity contribution in [1.29, 1.82) is 0 Å². The van der Waals surface area contributed by atoms with Crippen molar-refractivity contribution in [3.8, 4) is 0 Å². The molecule has 1 amide bonds. The lowest BCUT2D eigenvalue weighted by atomic mass is 9.95. The molecule has 2 aliphatic rings. The van der Waals surface area contributed by atoms with Crippen LogP contribution in [0.5, 0.6) is 0 Å². The van der Waals surface area contributed by atoms with Gasteiger partial charge in [0.2, 0.25) is 0 Å². The van der Waals surface area contributed by atoms with Crippen molar-refractivity contribution >= 4 is 23.4 Å².